The molecule has 0 heterocycles. The maximum Gasteiger partial charge on any atom is 0.454 e. The summed E-state index contributed by atoms with van der Waals surface area (Å²) >= 11 is 0. The molecule has 6 aromatic rings. The highest BCUT2D eigenvalue weighted by Gasteiger charge is 2.29. The molecule has 0 unspecified atom stereocenters. The molecule has 0 aliphatic heterocycles. The van der Waals surface area contributed by atoms with E-state index in [0.717, 1.165) is 45.6 Å². The molecule has 6 aromatic carbocycles. The van der Waals surface area contributed by atoms with Crippen molar-refractivity contribution < 1.29 is 8.85 Å². The van der Waals surface area contributed by atoms with E-state index in [2.05, 4.69) is 144 Å². The largest absolute Gasteiger partial charge is 0.512 e. The number of hydrogen-bond donors (Lipinski definition) is 0. The smallest absolute Gasteiger partial charge is 0.454 e. The Balaban J connectivity index is 1.18. The predicted molar refractivity (Wildman–Crippen MR) is 181 cm³/mol. The lowest BCUT2D eigenvalue weighted by atomic mass is 10.2. The summed E-state index contributed by atoms with van der Waals surface area (Å²) in [5, 5.41) is 0. The summed E-state index contributed by atoms with van der Waals surface area (Å²) in [4.78, 5) is 4.47. The summed E-state index contributed by atoms with van der Waals surface area (Å²) in [7, 11) is -2.56. The SMILES string of the molecule is C[Si](C)(Oc1ccc(N(c2ccccc2)c2ccccc2)cc1)Oc1ccc(N(c2ccccc2)c2ccccc2)cc1. The van der Waals surface area contributed by atoms with Gasteiger partial charge in [-0.25, -0.2) is 0 Å². The molecule has 4 nitrogen and oxygen atoms in total. The third-order valence-corrected chi connectivity index (χ3v) is 8.43. The molecule has 0 radical (unpaired) electrons. The van der Waals surface area contributed by atoms with E-state index in [9.17, 15) is 0 Å². The van der Waals surface area contributed by atoms with Gasteiger partial charge in [-0.1, -0.05) is 72.8 Å². The monoisotopic (exact) mass is 578 g/mol. The van der Waals surface area contributed by atoms with Crippen LogP contribution in [0.4, 0.5) is 34.1 Å². The molecule has 5 heteroatoms. The lowest BCUT2D eigenvalue weighted by Gasteiger charge is -2.28. The summed E-state index contributed by atoms with van der Waals surface area (Å²) in [6, 6.07) is 58.0. The van der Waals surface area contributed by atoms with Crippen LogP contribution in [0.3, 0.4) is 0 Å². The van der Waals surface area contributed by atoms with Gasteiger partial charge in [-0.15, -0.1) is 0 Å². The van der Waals surface area contributed by atoms with E-state index in [1.807, 2.05) is 48.5 Å². The number of rotatable bonds is 10. The van der Waals surface area contributed by atoms with E-state index in [1.165, 1.54) is 0 Å². The molecule has 0 atom stereocenters. The van der Waals surface area contributed by atoms with Crippen LogP contribution in [0.1, 0.15) is 0 Å². The Bertz CT molecular complexity index is 1500. The van der Waals surface area contributed by atoms with Crippen LogP contribution in [0.15, 0.2) is 170 Å². The molecule has 0 spiro atoms. The lowest BCUT2D eigenvalue weighted by Crippen LogP contribution is -2.41. The van der Waals surface area contributed by atoms with E-state index >= 15 is 0 Å². The van der Waals surface area contributed by atoms with E-state index < -0.39 is 8.56 Å². The van der Waals surface area contributed by atoms with Crippen LogP contribution in [0, 0.1) is 0 Å². The summed E-state index contributed by atoms with van der Waals surface area (Å²) in [5.41, 5.74) is 6.51. The Labute approximate surface area is 255 Å². The van der Waals surface area contributed by atoms with Crippen LogP contribution >= 0.6 is 0 Å². The first-order chi connectivity index (χ1) is 21.1. The number of para-hydroxylation sites is 4. The summed E-state index contributed by atoms with van der Waals surface area (Å²) < 4.78 is 12.9. The maximum absolute atomic E-state index is 6.46. The second kappa shape index (κ2) is 12.7. The van der Waals surface area contributed by atoms with Crippen molar-refractivity contribution in [3.05, 3.63) is 170 Å². The van der Waals surface area contributed by atoms with Gasteiger partial charge < -0.3 is 18.7 Å². The molecule has 0 aliphatic carbocycles. The molecule has 0 amide bonds. The summed E-state index contributed by atoms with van der Waals surface area (Å²) in [6.07, 6.45) is 0. The minimum Gasteiger partial charge on any atom is -0.512 e. The maximum atomic E-state index is 6.46. The Morgan fingerprint density at radius 1 is 0.326 bits per heavy atom. The topological polar surface area (TPSA) is 24.9 Å². The number of hydrogen-bond acceptors (Lipinski definition) is 4. The van der Waals surface area contributed by atoms with Gasteiger partial charge in [0.2, 0.25) is 0 Å². The van der Waals surface area contributed by atoms with Crippen molar-refractivity contribution in [2.24, 2.45) is 0 Å². The minimum atomic E-state index is -2.56. The Morgan fingerprint density at radius 3 is 0.814 bits per heavy atom. The molecule has 0 saturated carbocycles. The lowest BCUT2D eigenvalue weighted by molar-refractivity contribution is 0.399. The van der Waals surface area contributed by atoms with Crippen molar-refractivity contribution in [3.8, 4) is 11.5 Å². The van der Waals surface area contributed by atoms with Crippen LogP contribution in [0.5, 0.6) is 11.5 Å². The third kappa shape index (κ3) is 6.80. The fraction of sp³-hybridized carbons (Fsp3) is 0.0526. The molecule has 0 aromatic heterocycles. The van der Waals surface area contributed by atoms with Gasteiger partial charge in [0.25, 0.3) is 0 Å². The second-order valence-corrected chi connectivity index (χ2v) is 13.8. The van der Waals surface area contributed by atoms with Gasteiger partial charge >= 0.3 is 8.56 Å². The van der Waals surface area contributed by atoms with Gasteiger partial charge in [-0.05, 0) is 97.1 Å². The van der Waals surface area contributed by atoms with Gasteiger partial charge in [0.15, 0.2) is 0 Å². The highest BCUT2D eigenvalue weighted by atomic mass is 28.4. The molecule has 0 N–H and O–H groups in total. The first-order valence-corrected chi connectivity index (χ1v) is 17.3. The van der Waals surface area contributed by atoms with E-state index in [-0.39, 0.29) is 0 Å². The normalized spacial score (nSPS) is 11.0. The van der Waals surface area contributed by atoms with Gasteiger partial charge in [0, 0.05) is 47.2 Å². The van der Waals surface area contributed by atoms with Crippen molar-refractivity contribution in [1.29, 1.82) is 0 Å². The zero-order valence-electron chi connectivity index (χ0n) is 24.4. The van der Waals surface area contributed by atoms with Crippen LogP contribution in [0.2, 0.25) is 13.1 Å². The van der Waals surface area contributed by atoms with E-state index in [1.54, 1.807) is 0 Å². The quantitative estimate of drug-likeness (QED) is 0.151. The molecule has 0 bridgehead atoms. The number of benzene rings is 6. The molecule has 212 valence electrons. The third-order valence-electron chi connectivity index (χ3n) is 6.97. The minimum absolute atomic E-state index is 0.789. The van der Waals surface area contributed by atoms with Crippen LogP contribution < -0.4 is 18.7 Å². The first kappa shape index (κ1) is 27.9. The molecule has 0 fully saturated rings. The van der Waals surface area contributed by atoms with Crippen LogP contribution in [-0.2, 0) is 0 Å². The van der Waals surface area contributed by atoms with E-state index in [4.69, 9.17) is 8.85 Å². The second-order valence-electron chi connectivity index (χ2n) is 10.6. The van der Waals surface area contributed by atoms with Crippen LogP contribution in [-0.4, -0.2) is 8.56 Å². The van der Waals surface area contributed by atoms with Gasteiger partial charge in [-0.2, -0.15) is 0 Å². The molecular formula is C38H34N2O2Si. The zero-order valence-corrected chi connectivity index (χ0v) is 25.4. The standard InChI is InChI=1S/C38H34N2O2Si/c1-43(2,41-37-27-23-35(24-28-37)39(31-15-7-3-8-16-31)32-17-9-4-10-18-32)42-38-29-25-36(26-30-38)40(33-19-11-5-12-20-33)34-21-13-6-14-22-34/h3-30H,1-2H3. The molecule has 6 rings (SSSR count). The molecule has 43 heavy (non-hydrogen) atoms. The Morgan fingerprint density at radius 2 is 0.558 bits per heavy atom. The predicted octanol–water partition coefficient (Wildman–Crippen LogP) is 10.8. The fourth-order valence-electron chi connectivity index (χ4n) is 5.12. The van der Waals surface area contributed by atoms with Crippen LogP contribution in [0.25, 0.3) is 0 Å². The fourth-order valence-corrected chi connectivity index (χ4v) is 6.57. The highest BCUT2D eigenvalue weighted by molar-refractivity contribution is 6.66. The average molecular weight is 579 g/mol. The Kier molecular flexibility index (Phi) is 8.25. The van der Waals surface area contributed by atoms with Crippen molar-refractivity contribution in [2.45, 2.75) is 13.1 Å². The summed E-state index contributed by atoms with van der Waals surface area (Å²) in [5.74, 6) is 1.58. The van der Waals surface area contributed by atoms with Crippen molar-refractivity contribution in [2.75, 3.05) is 9.80 Å². The highest BCUT2D eigenvalue weighted by Crippen LogP contribution is 2.37. The van der Waals surface area contributed by atoms with Gasteiger partial charge in [0.05, 0.1) is 0 Å². The molecular weight excluding hydrogens is 545 g/mol. The molecule has 0 aliphatic rings. The zero-order chi connectivity index (χ0) is 29.5. The molecule has 0 saturated heterocycles. The number of anilines is 6. The summed E-state index contributed by atoms with van der Waals surface area (Å²) in [6.45, 7) is 4.13. The van der Waals surface area contributed by atoms with E-state index in [0.29, 0.717) is 0 Å². The number of nitrogens with zero attached hydrogens (tertiary/aromatic N) is 2. The van der Waals surface area contributed by atoms with Gasteiger partial charge in [-0.3, -0.25) is 0 Å². The first-order valence-electron chi connectivity index (χ1n) is 14.4. The van der Waals surface area contributed by atoms with Crippen molar-refractivity contribution >= 4 is 42.7 Å². The Hall–Kier alpha value is -5.26. The van der Waals surface area contributed by atoms with Gasteiger partial charge in [0.1, 0.15) is 11.5 Å². The van der Waals surface area contributed by atoms with Crippen molar-refractivity contribution in [3.63, 3.8) is 0 Å². The average Bonchev–Trinajstić information content (AvgIpc) is 3.05. The van der Waals surface area contributed by atoms with Crippen molar-refractivity contribution in [1.82, 2.24) is 0 Å².